The number of carbonyl (C=O) groups excluding carboxylic acids is 2. The molecule has 132 valence electrons. The fourth-order valence-electron chi connectivity index (χ4n) is 2.04. The normalized spacial score (nSPS) is 12.2. The molecule has 0 aliphatic rings. The molecule has 5 heteroatoms. The van der Waals surface area contributed by atoms with Crippen molar-refractivity contribution in [3.63, 3.8) is 0 Å². The number of amides is 1. The summed E-state index contributed by atoms with van der Waals surface area (Å²) in [6, 6.07) is 7.27. The molecule has 0 unspecified atom stereocenters. The van der Waals surface area contributed by atoms with Gasteiger partial charge in [0.15, 0.2) is 0 Å². The summed E-state index contributed by atoms with van der Waals surface area (Å²) in [5, 5.41) is 2.63. The first-order valence-electron chi connectivity index (χ1n) is 8.08. The summed E-state index contributed by atoms with van der Waals surface area (Å²) < 4.78 is 5.64. The Hall–Kier alpha value is -2.30. The molecule has 0 heterocycles. The Balaban J connectivity index is 2.52. The van der Waals surface area contributed by atoms with E-state index in [-0.39, 0.29) is 17.9 Å². The molecular weight excluding hydrogens is 304 g/mol. The van der Waals surface area contributed by atoms with Crippen molar-refractivity contribution in [3.8, 4) is 5.75 Å². The van der Waals surface area contributed by atoms with Crippen LogP contribution in [0.5, 0.6) is 5.75 Å². The minimum Gasteiger partial charge on any atom is -0.493 e. The molecule has 0 radical (unpaired) electrons. The number of benzene rings is 1. The van der Waals surface area contributed by atoms with E-state index in [1.165, 1.54) is 0 Å². The third kappa shape index (κ3) is 5.41. The van der Waals surface area contributed by atoms with Gasteiger partial charge in [-0.15, -0.1) is 0 Å². The number of anilines is 1. The van der Waals surface area contributed by atoms with E-state index < -0.39 is 5.41 Å². The summed E-state index contributed by atoms with van der Waals surface area (Å²) >= 11 is 0. The van der Waals surface area contributed by atoms with Gasteiger partial charge in [0.2, 0.25) is 5.91 Å². The molecular formula is C19H28N2O3. The number of hydrogen-bond donors (Lipinski definition) is 2. The number of nitrogen functional groups attached to an aromatic ring is 1. The Kier molecular flexibility index (Phi) is 7.01. The van der Waals surface area contributed by atoms with Crippen LogP contribution in [-0.2, 0) is 9.59 Å². The second-order valence-corrected chi connectivity index (χ2v) is 6.83. The largest absolute Gasteiger partial charge is 0.493 e. The average Bonchev–Trinajstić information content (AvgIpc) is 2.53. The Labute approximate surface area is 144 Å². The molecule has 5 nitrogen and oxygen atoms in total. The fraction of sp³-hybridized carbons (Fsp3) is 0.474. The van der Waals surface area contributed by atoms with Crippen molar-refractivity contribution < 1.29 is 14.3 Å². The third-order valence-corrected chi connectivity index (χ3v) is 4.49. The lowest BCUT2D eigenvalue weighted by molar-refractivity contribution is -0.134. The van der Waals surface area contributed by atoms with Crippen LogP contribution in [0.2, 0.25) is 0 Å². The van der Waals surface area contributed by atoms with Gasteiger partial charge in [0, 0.05) is 5.69 Å². The van der Waals surface area contributed by atoms with E-state index in [1.807, 2.05) is 52.0 Å². The molecule has 0 aliphatic heterocycles. The first-order valence-corrected chi connectivity index (χ1v) is 8.08. The highest BCUT2D eigenvalue weighted by Gasteiger charge is 2.41. The number of nitrogens with one attached hydrogen (secondary N) is 1. The minimum absolute atomic E-state index is 0.0392. The monoisotopic (exact) mass is 332 g/mol. The lowest BCUT2D eigenvalue weighted by Crippen LogP contribution is -2.46. The van der Waals surface area contributed by atoms with Gasteiger partial charge in [-0.1, -0.05) is 39.8 Å². The fourth-order valence-corrected chi connectivity index (χ4v) is 2.04. The molecule has 0 atom stereocenters. The third-order valence-electron chi connectivity index (χ3n) is 4.49. The second-order valence-electron chi connectivity index (χ2n) is 6.83. The van der Waals surface area contributed by atoms with Gasteiger partial charge in [-0.05, 0) is 36.1 Å². The van der Waals surface area contributed by atoms with E-state index in [0.717, 1.165) is 12.2 Å². The average molecular weight is 332 g/mol. The van der Waals surface area contributed by atoms with Crippen LogP contribution < -0.4 is 15.8 Å². The maximum atomic E-state index is 12.2. The van der Waals surface area contributed by atoms with Gasteiger partial charge in [-0.25, -0.2) is 0 Å². The van der Waals surface area contributed by atoms with Crippen molar-refractivity contribution in [3.05, 3.63) is 36.4 Å². The van der Waals surface area contributed by atoms with Gasteiger partial charge in [-0.2, -0.15) is 0 Å². The maximum absolute atomic E-state index is 12.2. The molecule has 0 aromatic heterocycles. The number of carbonyl (C=O) groups is 2. The van der Waals surface area contributed by atoms with Crippen molar-refractivity contribution in [2.24, 2.45) is 10.8 Å². The molecule has 24 heavy (non-hydrogen) atoms. The molecule has 1 aromatic rings. The van der Waals surface area contributed by atoms with Gasteiger partial charge in [0.05, 0.1) is 18.6 Å². The molecule has 3 N–H and O–H groups in total. The van der Waals surface area contributed by atoms with E-state index in [2.05, 4.69) is 5.32 Å². The van der Waals surface area contributed by atoms with Gasteiger partial charge >= 0.3 is 0 Å². The highest BCUT2D eigenvalue weighted by molar-refractivity contribution is 5.84. The zero-order valence-corrected chi connectivity index (χ0v) is 15.0. The van der Waals surface area contributed by atoms with Crippen LogP contribution in [0.3, 0.4) is 0 Å². The minimum atomic E-state index is -0.635. The van der Waals surface area contributed by atoms with Crippen LogP contribution in [-0.4, -0.2) is 25.3 Å². The van der Waals surface area contributed by atoms with Crippen molar-refractivity contribution in [2.45, 2.75) is 34.1 Å². The Bertz CT molecular complexity index is 575. The van der Waals surface area contributed by atoms with Crippen LogP contribution in [0.1, 0.15) is 34.1 Å². The zero-order chi connectivity index (χ0) is 18.2. The van der Waals surface area contributed by atoms with E-state index >= 15 is 0 Å². The molecule has 1 amide bonds. The smallest absolute Gasteiger partial charge is 0.226 e. The molecule has 1 rings (SSSR count). The molecule has 0 saturated carbocycles. The highest BCUT2D eigenvalue weighted by atomic mass is 16.5. The van der Waals surface area contributed by atoms with E-state index in [0.29, 0.717) is 18.6 Å². The van der Waals surface area contributed by atoms with Crippen molar-refractivity contribution in [1.82, 2.24) is 5.32 Å². The SMILES string of the molecule is CC(C)(/C=C\CCOc1ccc(N)cc1)C(C)(C)C(=O)NCC=O. The van der Waals surface area contributed by atoms with E-state index in [1.54, 1.807) is 12.1 Å². The van der Waals surface area contributed by atoms with Crippen molar-refractivity contribution in [2.75, 3.05) is 18.9 Å². The summed E-state index contributed by atoms with van der Waals surface area (Å²) in [5.74, 6) is 0.646. The van der Waals surface area contributed by atoms with Crippen LogP contribution in [0, 0.1) is 10.8 Å². The van der Waals surface area contributed by atoms with Crippen LogP contribution in [0.4, 0.5) is 5.69 Å². The first kappa shape index (κ1) is 19.7. The predicted molar refractivity (Wildman–Crippen MR) is 96.7 cm³/mol. The number of nitrogens with two attached hydrogens (primary N) is 1. The van der Waals surface area contributed by atoms with E-state index in [9.17, 15) is 9.59 Å². The number of hydrogen-bond acceptors (Lipinski definition) is 4. The highest BCUT2D eigenvalue weighted by Crippen LogP contribution is 2.40. The number of allylic oxidation sites excluding steroid dienone is 1. The number of rotatable bonds is 9. The summed E-state index contributed by atoms with van der Waals surface area (Å²) in [6.45, 7) is 8.35. The summed E-state index contributed by atoms with van der Waals surface area (Å²) in [5.41, 5.74) is 5.34. The zero-order valence-electron chi connectivity index (χ0n) is 15.0. The Morgan fingerprint density at radius 3 is 2.42 bits per heavy atom. The van der Waals surface area contributed by atoms with E-state index in [4.69, 9.17) is 10.5 Å². The summed E-state index contributed by atoms with van der Waals surface area (Å²) in [6.07, 6.45) is 5.47. The predicted octanol–water partition coefficient (Wildman–Crippen LogP) is 2.96. The summed E-state index contributed by atoms with van der Waals surface area (Å²) in [7, 11) is 0. The van der Waals surface area contributed by atoms with Crippen LogP contribution in [0.15, 0.2) is 36.4 Å². The quantitative estimate of drug-likeness (QED) is 0.315. The molecule has 0 saturated heterocycles. The van der Waals surface area contributed by atoms with Gasteiger partial charge in [-0.3, -0.25) is 4.79 Å². The van der Waals surface area contributed by atoms with Gasteiger partial charge in [0.25, 0.3) is 0 Å². The molecule has 0 spiro atoms. The molecule has 0 bridgehead atoms. The van der Waals surface area contributed by atoms with Crippen LogP contribution in [0.25, 0.3) is 0 Å². The lowest BCUT2D eigenvalue weighted by atomic mass is 9.67. The number of ether oxygens (including phenoxy) is 1. The maximum Gasteiger partial charge on any atom is 0.226 e. The Morgan fingerprint density at radius 2 is 1.83 bits per heavy atom. The topological polar surface area (TPSA) is 81.4 Å². The number of aldehydes is 1. The van der Waals surface area contributed by atoms with Crippen molar-refractivity contribution >= 4 is 17.9 Å². The van der Waals surface area contributed by atoms with Gasteiger partial charge in [0.1, 0.15) is 12.0 Å². The lowest BCUT2D eigenvalue weighted by Gasteiger charge is -2.38. The van der Waals surface area contributed by atoms with Gasteiger partial charge < -0.3 is 20.6 Å². The molecule has 0 aliphatic carbocycles. The Morgan fingerprint density at radius 1 is 1.21 bits per heavy atom. The standard InChI is InChI=1S/C19H28N2O3/c1-18(2,19(3,4)17(23)21-12-13-22)11-5-6-14-24-16-9-7-15(20)8-10-16/h5,7-11,13H,6,12,14,20H2,1-4H3,(H,21,23)/b11-5-. The summed E-state index contributed by atoms with van der Waals surface area (Å²) in [4.78, 5) is 22.6. The van der Waals surface area contributed by atoms with Crippen molar-refractivity contribution in [1.29, 1.82) is 0 Å². The molecule has 0 fully saturated rings. The second kappa shape index (κ2) is 8.52. The first-order chi connectivity index (χ1) is 11.2. The van der Waals surface area contributed by atoms with Crippen LogP contribution >= 0.6 is 0 Å². The molecule has 1 aromatic carbocycles.